The van der Waals surface area contributed by atoms with Gasteiger partial charge in [-0.05, 0) is 316 Å². The zero-order valence-electron chi connectivity index (χ0n) is 80.4. The maximum absolute atomic E-state index is 12.0. The van der Waals surface area contributed by atoms with E-state index in [1.807, 2.05) is 154 Å². The van der Waals surface area contributed by atoms with Gasteiger partial charge in [0.25, 0.3) is 0 Å². The van der Waals surface area contributed by atoms with Crippen LogP contribution in [0.1, 0.15) is 325 Å². The number of esters is 3. The van der Waals surface area contributed by atoms with Crippen molar-refractivity contribution >= 4 is 60.8 Å². The van der Waals surface area contributed by atoms with Gasteiger partial charge in [0.2, 0.25) is 0 Å². The fraction of sp³-hybridized carbons (Fsp3) is 0.832. The Morgan fingerprint density at radius 3 is 0.813 bits per heavy atom. The number of amides is 6. The number of aliphatic hydroxyl groups is 3. The van der Waals surface area contributed by atoms with E-state index in [-0.39, 0.29) is 67.7 Å². The summed E-state index contributed by atoms with van der Waals surface area (Å²) in [6.07, 6.45) is 36.0. The number of carbonyl (C=O) groups is 10. The van der Waals surface area contributed by atoms with E-state index in [1.54, 1.807) is 39.5 Å². The lowest BCUT2D eigenvalue weighted by molar-refractivity contribution is -0.143. The molecule has 3 N–H and O–H groups in total. The summed E-state index contributed by atoms with van der Waals surface area (Å²) in [7, 11) is 0. The Hall–Kier alpha value is -7.20. The van der Waals surface area contributed by atoms with Crippen LogP contribution in [0.15, 0.2) is 37.0 Å². The number of nitrogens with zero attached hydrogens (tertiary/aromatic N) is 6. The van der Waals surface area contributed by atoms with Crippen LogP contribution in [0.3, 0.4) is 0 Å². The summed E-state index contributed by atoms with van der Waals surface area (Å²) in [5.41, 5.74) is -2.52. The molecular weight excluding hydrogens is 1580 g/mol. The summed E-state index contributed by atoms with van der Waals surface area (Å²) in [4.78, 5) is 125. The Kier molecular flexibility index (Phi) is 59.9. The second kappa shape index (κ2) is 63.7. The summed E-state index contributed by atoms with van der Waals surface area (Å²) in [5.74, 6) is 3.18. The number of hydrogen-bond acceptors (Lipinski definition) is 22. The molecule has 0 aromatic carbocycles. The largest absolute Gasteiger partial charge is 0.466 e. The van der Waals surface area contributed by atoms with E-state index in [0.717, 1.165) is 251 Å². The van der Waals surface area contributed by atoms with Crippen molar-refractivity contribution in [3.8, 4) is 0 Å². The highest BCUT2D eigenvalue weighted by molar-refractivity contribution is 5.82. The number of aliphatic hydroxyl groups excluding tert-OH is 3. The van der Waals surface area contributed by atoms with Gasteiger partial charge in [-0.3, -0.25) is 4.79 Å². The molecule has 0 aromatic rings. The number of aldehydes is 1. The first-order valence-electron chi connectivity index (χ1n) is 46.2. The second-order valence-corrected chi connectivity index (χ2v) is 38.6. The minimum absolute atomic E-state index is 0.0951. The van der Waals surface area contributed by atoms with Crippen LogP contribution in [0, 0.1) is 35.5 Å². The Morgan fingerprint density at radius 2 is 0.569 bits per heavy atom. The second-order valence-electron chi connectivity index (χ2n) is 38.6. The zero-order chi connectivity index (χ0) is 93.3. The normalized spacial score (nSPS) is 16.9. The van der Waals surface area contributed by atoms with Crippen molar-refractivity contribution in [2.45, 2.75) is 359 Å². The van der Waals surface area contributed by atoms with E-state index in [1.165, 1.54) is 18.9 Å². The first-order chi connectivity index (χ1) is 57.6. The molecule has 6 saturated heterocycles. The molecule has 6 heterocycles. The molecule has 28 nitrogen and oxygen atoms in total. The first-order valence-corrected chi connectivity index (χ1v) is 46.2. The molecule has 0 saturated carbocycles. The van der Waals surface area contributed by atoms with Crippen molar-refractivity contribution in [2.75, 3.05) is 118 Å². The summed E-state index contributed by atoms with van der Waals surface area (Å²) in [6.45, 7) is 53.9. The van der Waals surface area contributed by atoms with Crippen LogP contribution in [0.4, 0.5) is 28.8 Å². The van der Waals surface area contributed by atoms with Crippen molar-refractivity contribution < 1.29 is 106 Å². The lowest BCUT2D eigenvalue weighted by atomic mass is 9.91. The lowest BCUT2D eigenvalue weighted by Crippen LogP contribution is -2.41. The molecular formula is C95H172N6O22. The third-order valence-corrected chi connectivity index (χ3v) is 20.6. The lowest BCUT2D eigenvalue weighted by Gasteiger charge is -2.33. The van der Waals surface area contributed by atoms with Crippen LogP contribution in [-0.4, -0.2) is 257 Å². The Labute approximate surface area is 742 Å². The van der Waals surface area contributed by atoms with Gasteiger partial charge < -0.3 is 92.1 Å². The van der Waals surface area contributed by atoms with Gasteiger partial charge in [-0.25, -0.2) is 38.4 Å². The summed E-state index contributed by atoms with van der Waals surface area (Å²) >= 11 is 0. The van der Waals surface area contributed by atoms with Gasteiger partial charge in [0.15, 0.2) is 0 Å². The fourth-order valence-electron chi connectivity index (χ4n) is 14.2. The predicted molar refractivity (Wildman–Crippen MR) is 483 cm³/mol. The van der Waals surface area contributed by atoms with Gasteiger partial charge in [-0.15, -0.1) is 0 Å². The molecule has 123 heavy (non-hydrogen) atoms. The smallest absolute Gasteiger partial charge is 0.410 e. The SMILES string of the molecule is C=CC(=O)OCC.CC(C)(C)OC(=O)N1CCC(CC/C=C/CO)CC1.CC(C)(C)OC(=O)N1CCC(CCC=O)CC1.CC(C)(C)OC(=O)N1CCC(CCCCCO)CC1.CC(C)(C)OC(=O)N1CCC(CCCO)CC1.CCOC(=O)/C=C/CCC1CCN(C(=O)OC(C)(C)C)CC1.CCOC(=O)CCCCC1CCN(C(=O)OC(C)(C)C)CC1. The zero-order valence-corrected chi connectivity index (χ0v) is 80.4. The Bertz CT molecular complexity index is 2970. The number of likely N-dealkylation sites (tertiary alicyclic amines) is 6. The molecule has 0 atom stereocenters. The summed E-state index contributed by atoms with van der Waals surface area (Å²) in [6, 6.07) is 0. The average molecular weight is 1750 g/mol. The van der Waals surface area contributed by atoms with Gasteiger partial charge in [0, 0.05) is 117 Å². The minimum Gasteiger partial charge on any atom is -0.466 e. The molecule has 0 aliphatic carbocycles. The number of unbranched alkanes of at least 4 members (excludes halogenated alkanes) is 3. The van der Waals surface area contributed by atoms with Crippen molar-refractivity contribution in [1.82, 2.24) is 29.4 Å². The maximum Gasteiger partial charge on any atom is 0.410 e. The van der Waals surface area contributed by atoms with Gasteiger partial charge in [-0.2, -0.15) is 0 Å². The third kappa shape index (κ3) is 63.4. The van der Waals surface area contributed by atoms with Crippen LogP contribution >= 0.6 is 0 Å². The van der Waals surface area contributed by atoms with E-state index in [9.17, 15) is 47.9 Å². The van der Waals surface area contributed by atoms with Crippen LogP contribution in [0.5, 0.6) is 0 Å². The molecule has 6 amide bonds. The minimum atomic E-state index is -0.439. The van der Waals surface area contributed by atoms with Crippen molar-refractivity contribution in [1.29, 1.82) is 0 Å². The predicted octanol–water partition coefficient (Wildman–Crippen LogP) is 19.2. The van der Waals surface area contributed by atoms with Crippen LogP contribution in [0.2, 0.25) is 0 Å². The highest BCUT2D eigenvalue weighted by Crippen LogP contribution is 2.30. The highest BCUT2D eigenvalue weighted by Gasteiger charge is 2.33. The van der Waals surface area contributed by atoms with Crippen molar-refractivity contribution in [2.24, 2.45) is 35.5 Å². The van der Waals surface area contributed by atoms with Crippen molar-refractivity contribution in [3.05, 3.63) is 37.0 Å². The van der Waals surface area contributed by atoms with Crippen molar-refractivity contribution in [3.63, 3.8) is 0 Å². The highest BCUT2D eigenvalue weighted by atomic mass is 16.6. The fourth-order valence-corrected chi connectivity index (χ4v) is 14.2. The molecule has 6 rings (SSSR count). The topological polar surface area (TPSA) is 334 Å². The Balaban J connectivity index is 0.00000143. The van der Waals surface area contributed by atoms with Gasteiger partial charge in [0.1, 0.15) is 39.9 Å². The number of rotatable bonds is 28. The molecule has 0 unspecified atom stereocenters. The van der Waals surface area contributed by atoms with E-state index >= 15 is 0 Å². The summed E-state index contributed by atoms with van der Waals surface area (Å²) < 4.78 is 46.4. The molecule has 0 bridgehead atoms. The molecule has 6 aliphatic rings. The van der Waals surface area contributed by atoms with Crippen LogP contribution in [-0.2, 0) is 61.8 Å². The van der Waals surface area contributed by atoms with E-state index in [2.05, 4.69) is 11.3 Å². The molecule has 0 aromatic heterocycles. The first kappa shape index (κ1) is 116. The standard InChI is InChI=1S/C17H31NO4.C17H29NO4.C15H29NO3.C15H27NO3.C13H25NO3.C13H23NO3.C5H8O2/c2*1-5-21-15(19)9-7-6-8-14-10-12-18(13-11-14)16(20)22-17(2,3)4;2*1-15(2,3)19-14(18)16-10-8-13(9-11-16)7-5-4-6-12-17;2*1-13(2,3)17-12(16)14-8-6-11(7-9-14)5-4-10-15;1-3-5(6)7-4-2/h14H,5-13H2,1-4H3;7,9,14H,5-6,8,10-13H2,1-4H3;13,17H,4-12H2,1-3H3;4,6,13,17H,5,7-12H2,1-3H3;11,15H,4-10H2,1-3H3;10-11H,4-9H2,1-3H3;3H,1,4H2,2H3/b;9-7+;;6-4+;;;. The molecule has 6 aliphatic heterocycles. The molecule has 714 valence electrons. The monoisotopic (exact) mass is 1750 g/mol. The van der Waals surface area contributed by atoms with Gasteiger partial charge in [-0.1, -0.05) is 56.9 Å². The maximum atomic E-state index is 12.0. The van der Waals surface area contributed by atoms with E-state index in [4.69, 9.17) is 53.2 Å². The molecule has 28 heteroatoms. The number of allylic oxidation sites excluding steroid dienone is 2. The molecule has 6 fully saturated rings. The van der Waals surface area contributed by atoms with E-state index < -0.39 is 33.6 Å². The van der Waals surface area contributed by atoms with E-state index in [0.29, 0.717) is 68.9 Å². The van der Waals surface area contributed by atoms with Gasteiger partial charge >= 0.3 is 54.5 Å². The molecule has 0 radical (unpaired) electrons. The number of hydrogen-bond donors (Lipinski definition) is 3. The summed E-state index contributed by atoms with van der Waals surface area (Å²) in [5, 5.41) is 26.2. The van der Waals surface area contributed by atoms with Gasteiger partial charge in [0.05, 0.1) is 26.4 Å². The number of ether oxygens (including phenoxy) is 9. The molecule has 0 spiro atoms. The van der Waals surface area contributed by atoms with Crippen LogP contribution < -0.4 is 0 Å². The quantitative estimate of drug-likeness (QED) is 0.0164. The third-order valence-electron chi connectivity index (χ3n) is 20.6. The average Bonchev–Trinajstić information content (AvgIpc) is 0.896. The number of piperidine rings is 6. The number of carbonyl (C=O) groups excluding carboxylic acids is 10. The Morgan fingerprint density at radius 1 is 0.317 bits per heavy atom. The van der Waals surface area contributed by atoms with Crippen LogP contribution in [0.25, 0.3) is 0 Å².